The van der Waals surface area contributed by atoms with Gasteiger partial charge in [0.2, 0.25) is 5.91 Å². The monoisotopic (exact) mass is 449 g/mol. The van der Waals surface area contributed by atoms with E-state index in [1.54, 1.807) is 29.2 Å². The van der Waals surface area contributed by atoms with E-state index in [1.807, 2.05) is 32.0 Å². The molecule has 8 nitrogen and oxygen atoms in total. The summed E-state index contributed by atoms with van der Waals surface area (Å²) in [4.78, 5) is 39.0. The van der Waals surface area contributed by atoms with Crippen LogP contribution in [0.25, 0.3) is 0 Å². The maximum absolute atomic E-state index is 12.7. The van der Waals surface area contributed by atoms with Crippen LogP contribution >= 0.6 is 0 Å². The lowest BCUT2D eigenvalue weighted by atomic mass is 9.97. The molecule has 4 N–H and O–H groups in total. The largest absolute Gasteiger partial charge is 0.353 e. The summed E-state index contributed by atoms with van der Waals surface area (Å²) in [5, 5.41) is 11.6. The minimum atomic E-state index is -0.331. The molecule has 33 heavy (non-hydrogen) atoms. The second-order valence-electron chi connectivity index (χ2n) is 8.97. The smallest absolute Gasteiger partial charge is 0.323 e. The molecule has 0 radical (unpaired) electrons. The Bertz CT molecular complexity index is 1030. The first-order chi connectivity index (χ1) is 15.9. The Morgan fingerprint density at radius 2 is 1.58 bits per heavy atom. The molecule has 2 aliphatic rings. The lowest BCUT2D eigenvalue weighted by molar-refractivity contribution is -0.126. The Kier molecular flexibility index (Phi) is 6.82. The first-order valence-electron chi connectivity index (χ1n) is 11.5. The number of aryl methyl sites for hydroxylation is 2. The number of nitrogens with one attached hydrogen (secondary N) is 4. The zero-order valence-electron chi connectivity index (χ0n) is 19.1. The maximum atomic E-state index is 12.7. The highest BCUT2D eigenvalue weighted by Crippen LogP contribution is 2.23. The summed E-state index contributed by atoms with van der Waals surface area (Å²) in [7, 11) is 0. The molecular weight excluding hydrogens is 418 g/mol. The molecule has 1 aliphatic heterocycles. The summed E-state index contributed by atoms with van der Waals surface area (Å²) >= 11 is 0. The summed E-state index contributed by atoms with van der Waals surface area (Å²) in [6.07, 6.45) is 3.74. The number of benzene rings is 2. The van der Waals surface area contributed by atoms with Gasteiger partial charge in [0, 0.05) is 36.2 Å². The zero-order chi connectivity index (χ0) is 23.4. The van der Waals surface area contributed by atoms with Crippen LogP contribution in [-0.4, -0.2) is 42.0 Å². The van der Waals surface area contributed by atoms with Crippen molar-refractivity contribution in [2.45, 2.75) is 45.6 Å². The molecule has 2 aromatic rings. The maximum Gasteiger partial charge on any atom is 0.323 e. The van der Waals surface area contributed by atoms with E-state index in [4.69, 9.17) is 0 Å². The van der Waals surface area contributed by atoms with Crippen LogP contribution < -0.4 is 21.3 Å². The number of likely N-dealkylation sites (tertiary alicyclic amines) is 1. The topological polar surface area (TPSA) is 103 Å². The first kappa shape index (κ1) is 22.6. The van der Waals surface area contributed by atoms with Gasteiger partial charge in [-0.25, -0.2) is 9.59 Å². The molecule has 174 valence electrons. The molecule has 0 spiro atoms. The number of carbonyl (C=O) groups excluding carboxylic acids is 3. The molecule has 1 aliphatic carbocycles. The van der Waals surface area contributed by atoms with Crippen molar-refractivity contribution in [3.63, 3.8) is 0 Å². The predicted octanol–water partition coefficient (Wildman–Crippen LogP) is 4.47. The molecule has 2 aromatic carbocycles. The minimum absolute atomic E-state index is 0.0598. The fraction of sp³-hybridized carbons (Fsp3) is 0.400. The molecule has 8 heteroatoms. The van der Waals surface area contributed by atoms with E-state index in [-0.39, 0.29) is 23.9 Å². The normalized spacial score (nSPS) is 17.8. The quantitative estimate of drug-likeness (QED) is 0.542. The van der Waals surface area contributed by atoms with Gasteiger partial charge in [-0.05, 0) is 75.4 Å². The highest BCUT2D eigenvalue weighted by Gasteiger charge is 2.31. The van der Waals surface area contributed by atoms with E-state index in [1.165, 1.54) is 0 Å². The third-order valence-electron chi connectivity index (χ3n) is 6.03. The lowest BCUT2D eigenvalue weighted by Gasteiger charge is -2.32. The van der Waals surface area contributed by atoms with E-state index in [0.29, 0.717) is 30.5 Å². The van der Waals surface area contributed by atoms with Crippen molar-refractivity contribution in [1.82, 2.24) is 10.2 Å². The summed E-state index contributed by atoms with van der Waals surface area (Å²) in [5.74, 6) is -0.0862. The van der Waals surface area contributed by atoms with Crippen LogP contribution in [0.5, 0.6) is 0 Å². The van der Waals surface area contributed by atoms with Crippen molar-refractivity contribution >= 4 is 35.0 Å². The van der Waals surface area contributed by atoms with Crippen molar-refractivity contribution in [3.05, 3.63) is 53.6 Å². The number of rotatable bonds is 5. The molecule has 1 atom stereocenters. The number of amides is 5. The summed E-state index contributed by atoms with van der Waals surface area (Å²) in [6.45, 7) is 5.02. The van der Waals surface area contributed by atoms with Gasteiger partial charge in [0.1, 0.15) is 0 Å². The number of anilines is 3. The second kappa shape index (κ2) is 9.94. The number of hydrogen-bond acceptors (Lipinski definition) is 3. The van der Waals surface area contributed by atoms with E-state index in [2.05, 4.69) is 21.3 Å². The van der Waals surface area contributed by atoms with Crippen molar-refractivity contribution in [2.24, 2.45) is 5.92 Å². The fourth-order valence-corrected chi connectivity index (χ4v) is 4.00. The molecule has 0 bridgehead atoms. The van der Waals surface area contributed by atoms with Crippen LogP contribution in [0.2, 0.25) is 0 Å². The summed E-state index contributed by atoms with van der Waals surface area (Å²) < 4.78 is 0. The van der Waals surface area contributed by atoms with Crippen molar-refractivity contribution < 1.29 is 14.4 Å². The van der Waals surface area contributed by atoms with Crippen LogP contribution in [0, 0.1) is 19.8 Å². The third-order valence-corrected chi connectivity index (χ3v) is 6.03. The molecule has 4 rings (SSSR count). The average Bonchev–Trinajstić information content (AvgIpc) is 3.61. The molecule has 1 saturated heterocycles. The lowest BCUT2D eigenvalue weighted by Crippen LogP contribution is -2.47. The SMILES string of the molecule is Cc1ccc(NC(=O)Nc2ccc(NC(=O)N3CCCC(C(=O)NC4CC4)C3)cc2)c(C)c1. The number of nitrogens with zero attached hydrogens (tertiary/aromatic N) is 1. The Morgan fingerprint density at radius 1 is 0.879 bits per heavy atom. The van der Waals surface area contributed by atoms with Crippen LogP contribution in [-0.2, 0) is 4.79 Å². The Balaban J connectivity index is 1.27. The summed E-state index contributed by atoms with van der Waals surface area (Å²) in [5.41, 5.74) is 4.13. The molecule has 1 unspecified atom stereocenters. The predicted molar refractivity (Wildman–Crippen MR) is 129 cm³/mol. The highest BCUT2D eigenvalue weighted by atomic mass is 16.2. The Hall–Kier alpha value is -3.55. The number of hydrogen-bond donors (Lipinski definition) is 4. The summed E-state index contributed by atoms with van der Waals surface area (Å²) in [6, 6.07) is 12.6. The van der Waals surface area contributed by atoms with Crippen molar-refractivity contribution in [3.8, 4) is 0 Å². The van der Waals surface area contributed by atoms with Gasteiger partial charge in [-0.15, -0.1) is 0 Å². The molecule has 1 heterocycles. The van der Waals surface area contributed by atoms with Gasteiger partial charge in [-0.1, -0.05) is 17.7 Å². The van der Waals surface area contributed by atoms with Gasteiger partial charge >= 0.3 is 12.1 Å². The van der Waals surface area contributed by atoms with E-state index in [0.717, 1.165) is 42.5 Å². The Morgan fingerprint density at radius 3 is 2.24 bits per heavy atom. The van der Waals surface area contributed by atoms with Crippen LogP contribution in [0.15, 0.2) is 42.5 Å². The van der Waals surface area contributed by atoms with Gasteiger partial charge in [-0.2, -0.15) is 0 Å². The standard InChI is InChI=1S/C25H31N5O3/c1-16-5-12-22(17(2)14-16)29-24(32)27-20-8-10-21(11-9-20)28-25(33)30-13-3-4-18(15-30)23(31)26-19-6-7-19/h5,8-12,14,18-19H,3-4,6-7,13,15H2,1-2H3,(H,26,31)(H,28,33)(H2,27,29,32). The highest BCUT2D eigenvalue weighted by molar-refractivity contribution is 6.00. The fourth-order valence-electron chi connectivity index (χ4n) is 4.00. The molecule has 2 fully saturated rings. The molecule has 1 saturated carbocycles. The van der Waals surface area contributed by atoms with Crippen LogP contribution in [0.4, 0.5) is 26.7 Å². The van der Waals surface area contributed by atoms with Gasteiger partial charge in [-0.3, -0.25) is 4.79 Å². The van der Waals surface area contributed by atoms with Gasteiger partial charge in [0.15, 0.2) is 0 Å². The number of carbonyl (C=O) groups is 3. The van der Waals surface area contributed by atoms with E-state index < -0.39 is 0 Å². The van der Waals surface area contributed by atoms with Crippen molar-refractivity contribution in [1.29, 1.82) is 0 Å². The van der Waals surface area contributed by atoms with Gasteiger partial charge in [0.05, 0.1) is 5.92 Å². The second-order valence-corrected chi connectivity index (χ2v) is 8.97. The molecule has 5 amide bonds. The minimum Gasteiger partial charge on any atom is -0.353 e. The molecule has 0 aromatic heterocycles. The Labute approximate surface area is 194 Å². The van der Waals surface area contributed by atoms with Crippen LogP contribution in [0.3, 0.4) is 0 Å². The van der Waals surface area contributed by atoms with E-state index in [9.17, 15) is 14.4 Å². The first-order valence-corrected chi connectivity index (χ1v) is 11.5. The van der Waals surface area contributed by atoms with Gasteiger partial charge in [0.25, 0.3) is 0 Å². The van der Waals surface area contributed by atoms with E-state index >= 15 is 0 Å². The molecular formula is C25H31N5O3. The van der Waals surface area contributed by atoms with Crippen LogP contribution in [0.1, 0.15) is 36.8 Å². The average molecular weight is 450 g/mol. The van der Waals surface area contributed by atoms with Gasteiger partial charge < -0.3 is 26.2 Å². The third kappa shape index (κ3) is 6.25. The van der Waals surface area contributed by atoms with Crippen molar-refractivity contribution in [2.75, 3.05) is 29.0 Å². The number of urea groups is 2. The zero-order valence-corrected chi connectivity index (χ0v) is 19.1. The number of piperidine rings is 1.